The van der Waals surface area contributed by atoms with E-state index in [-0.39, 0.29) is 5.54 Å². The van der Waals surface area contributed by atoms with Crippen LogP contribution in [-0.4, -0.2) is 11.7 Å². The van der Waals surface area contributed by atoms with E-state index in [4.69, 9.17) is 17.0 Å². The summed E-state index contributed by atoms with van der Waals surface area (Å²) in [6.45, 7) is 2.66. The molecule has 0 radical (unpaired) electrons. The van der Waals surface area contributed by atoms with Crippen LogP contribution >= 0.6 is 23.6 Å². The topological polar surface area (TPSA) is 33.3 Å². The molecular weight excluding hydrogens is 324 g/mol. The molecule has 3 rings (SSSR count). The first-order valence-electron chi connectivity index (χ1n) is 8.08. The van der Waals surface area contributed by atoms with Gasteiger partial charge in [-0.05, 0) is 67.7 Å². The third-order valence-electron chi connectivity index (χ3n) is 4.23. The second kappa shape index (κ2) is 7.32. The van der Waals surface area contributed by atoms with Gasteiger partial charge in [-0.3, -0.25) is 0 Å². The average molecular weight is 347 g/mol. The molecule has 0 saturated heterocycles. The lowest BCUT2D eigenvalue weighted by Crippen LogP contribution is -2.45. The summed E-state index contributed by atoms with van der Waals surface area (Å²) < 4.78 is 5.46. The maximum Gasteiger partial charge on any atom is 0.171 e. The van der Waals surface area contributed by atoms with Crippen molar-refractivity contribution in [2.24, 2.45) is 0 Å². The number of anilines is 1. The maximum atomic E-state index is 5.55. The molecule has 23 heavy (non-hydrogen) atoms. The number of hydrogen-bond donors (Lipinski definition) is 2. The zero-order chi connectivity index (χ0) is 16.1. The van der Waals surface area contributed by atoms with Gasteiger partial charge in [0.05, 0.1) is 12.1 Å². The fourth-order valence-electron chi connectivity index (χ4n) is 3.14. The largest absolute Gasteiger partial charge is 0.494 e. The smallest absolute Gasteiger partial charge is 0.171 e. The molecule has 1 fully saturated rings. The fraction of sp³-hybridized carbons (Fsp3) is 0.389. The molecule has 2 N–H and O–H groups in total. The molecule has 3 nitrogen and oxygen atoms in total. The van der Waals surface area contributed by atoms with Crippen LogP contribution in [0.15, 0.2) is 41.8 Å². The molecule has 1 aliphatic rings. The van der Waals surface area contributed by atoms with Crippen LogP contribution in [0.1, 0.15) is 37.5 Å². The molecule has 0 unspecified atom stereocenters. The highest BCUT2D eigenvalue weighted by Gasteiger charge is 2.37. The molecule has 2 aromatic rings. The highest BCUT2D eigenvalue weighted by atomic mass is 32.1. The van der Waals surface area contributed by atoms with Crippen LogP contribution in [-0.2, 0) is 5.54 Å². The van der Waals surface area contributed by atoms with E-state index in [9.17, 15) is 0 Å². The van der Waals surface area contributed by atoms with Crippen molar-refractivity contribution < 1.29 is 4.74 Å². The van der Waals surface area contributed by atoms with Gasteiger partial charge in [0, 0.05) is 10.6 Å². The van der Waals surface area contributed by atoms with Gasteiger partial charge in [-0.2, -0.15) is 0 Å². The zero-order valence-corrected chi connectivity index (χ0v) is 14.9. The summed E-state index contributed by atoms with van der Waals surface area (Å²) in [4.78, 5) is 1.38. The van der Waals surface area contributed by atoms with Crippen LogP contribution < -0.4 is 15.4 Å². The Hall–Kier alpha value is -1.59. The van der Waals surface area contributed by atoms with Gasteiger partial charge in [-0.25, -0.2) is 0 Å². The van der Waals surface area contributed by atoms with Crippen molar-refractivity contribution >= 4 is 34.4 Å². The van der Waals surface area contributed by atoms with Crippen LogP contribution in [0, 0.1) is 0 Å². The zero-order valence-electron chi connectivity index (χ0n) is 13.3. The van der Waals surface area contributed by atoms with Gasteiger partial charge in [0.25, 0.3) is 0 Å². The van der Waals surface area contributed by atoms with Crippen LogP contribution in [0.3, 0.4) is 0 Å². The Morgan fingerprint density at radius 3 is 2.57 bits per heavy atom. The Kier molecular flexibility index (Phi) is 5.18. The molecule has 0 atom stereocenters. The van der Waals surface area contributed by atoms with E-state index in [0.717, 1.165) is 24.3 Å². The van der Waals surface area contributed by atoms with Crippen molar-refractivity contribution in [2.75, 3.05) is 11.9 Å². The van der Waals surface area contributed by atoms with Crippen LogP contribution in [0.5, 0.6) is 5.75 Å². The Balaban J connectivity index is 1.66. The van der Waals surface area contributed by atoms with Crippen molar-refractivity contribution in [1.29, 1.82) is 0 Å². The summed E-state index contributed by atoms with van der Waals surface area (Å²) in [6, 6.07) is 12.2. The predicted octanol–water partition coefficient (Wildman–Crippen LogP) is 4.90. The van der Waals surface area contributed by atoms with E-state index < -0.39 is 0 Å². The second-order valence-corrected chi connectivity index (χ2v) is 7.16. The highest BCUT2D eigenvalue weighted by molar-refractivity contribution is 7.80. The van der Waals surface area contributed by atoms with Crippen molar-refractivity contribution in [3.05, 3.63) is 46.7 Å². The van der Waals surface area contributed by atoms with Crippen LogP contribution in [0.25, 0.3) is 0 Å². The average Bonchev–Trinajstić information content (AvgIpc) is 3.21. The molecule has 1 aromatic heterocycles. The lowest BCUT2D eigenvalue weighted by molar-refractivity contribution is 0.340. The Morgan fingerprint density at radius 2 is 1.96 bits per heavy atom. The minimum atomic E-state index is 0.00348. The molecule has 1 saturated carbocycles. The van der Waals surface area contributed by atoms with E-state index in [1.807, 2.05) is 42.5 Å². The molecule has 0 bridgehead atoms. The van der Waals surface area contributed by atoms with Crippen molar-refractivity contribution in [3.8, 4) is 5.75 Å². The van der Waals surface area contributed by atoms with Gasteiger partial charge in [0.2, 0.25) is 0 Å². The van der Waals surface area contributed by atoms with Crippen LogP contribution in [0.4, 0.5) is 5.69 Å². The summed E-state index contributed by atoms with van der Waals surface area (Å²) in [6.07, 6.45) is 4.77. The first-order chi connectivity index (χ1) is 11.2. The van der Waals surface area contributed by atoms with Gasteiger partial charge in [-0.1, -0.05) is 18.9 Å². The molecule has 0 aliphatic heterocycles. The van der Waals surface area contributed by atoms with Crippen LogP contribution in [0.2, 0.25) is 0 Å². The minimum absolute atomic E-state index is 0.00348. The monoisotopic (exact) mass is 346 g/mol. The predicted molar refractivity (Wildman–Crippen MR) is 101 cm³/mol. The number of ether oxygens (including phenoxy) is 1. The molecule has 1 aliphatic carbocycles. The first kappa shape index (κ1) is 16.3. The van der Waals surface area contributed by atoms with E-state index in [2.05, 4.69) is 28.1 Å². The number of thiophene rings is 1. The van der Waals surface area contributed by atoms with Crippen molar-refractivity contribution in [1.82, 2.24) is 5.32 Å². The van der Waals surface area contributed by atoms with Gasteiger partial charge in [0.15, 0.2) is 5.11 Å². The van der Waals surface area contributed by atoms with E-state index in [1.54, 1.807) is 0 Å². The standard InChI is InChI=1S/C18H22N2OS2/c1-2-21-15-9-7-14(8-10-15)19-17(22)20-18(11-3-4-12-18)16-6-5-13-23-16/h5-10,13H,2-4,11-12H2,1H3,(H2,19,20,22). The first-order valence-corrected chi connectivity index (χ1v) is 9.37. The summed E-state index contributed by atoms with van der Waals surface area (Å²) in [7, 11) is 0. The molecule has 1 heterocycles. The molecule has 0 spiro atoms. The summed E-state index contributed by atoms with van der Waals surface area (Å²) in [5, 5.41) is 9.70. The Bertz CT molecular complexity index is 632. The summed E-state index contributed by atoms with van der Waals surface area (Å²) >= 11 is 7.36. The molecule has 5 heteroatoms. The molecule has 0 amide bonds. The van der Waals surface area contributed by atoms with E-state index >= 15 is 0 Å². The van der Waals surface area contributed by atoms with Crippen molar-refractivity contribution in [2.45, 2.75) is 38.1 Å². The van der Waals surface area contributed by atoms with E-state index in [1.165, 1.54) is 17.7 Å². The van der Waals surface area contributed by atoms with Gasteiger partial charge >= 0.3 is 0 Å². The number of hydrogen-bond acceptors (Lipinski definition) is 3. The van der Waals surface area contributed by atoms with Gasteiger partial charge in [0.1, 0.15) is 5.75 Å². The van der Waals surface area contributed by atoms with Crippen molar-refractivity contribution in [3.63, 3.8) is 0 Å². The Labute approximate surface area is 147 Å². The number of nitrogens with one attached hydrogen (secondary N) is 2. The lowest BCUT2D eigenvalue weighted by atomic mass is 9.96. The third kappa shape index (κ3) is 3.85. The maximum absolute atomic E-state index is 5.55. The summed E-state index contributed by atoms with van der Waals surface area (Å²) in [5.74, 6) is 0.878. The highest BCUT2D eigenvalue weighted by Crippen LogP contribution is 2.40. The van der Waals surface area contributed by atoms with Gasteiger partial charge < -0.3 is 15.4 Å². The number of thiocarbonyl (C=S) groups is 1. The SMILES string of the molecule is CCOc1ccc(NC(=S)NC2(c3cccs3)CCCC2)cc1. The van der Waals surface area contributed by atoms with E-state index in [0.29, 0.717) is 11.7 Å². The lowest BCUT2D eigenvalue weighted by Gasteiger charge is -2.31. The van der Waals surface area contributed by atoms with Gasteiger partial charge in [-0.15, -0.1) is 11.3 Å². The molecular formula is C18H22N2OS2. The summed E-state index contributed by atoms with van der Waals surface area (Å²) in [5.41, 5.74) is 0.981. The quantitative estimate of drug-likeness (QED) is 0.754. The minimum Gasteiger partial charge on any atom is -0.494 e. The molecule has 122 valence electrons. The second-order valence-electron chi connectivity index (χ2n) is 5.80. The molecule has 1 aromatic carbocycles. The number of benzene rings is 1. The number of rotatable bonds is 5. The fourth-order valence-corrected chi connectivity index (χ4v) is 4.40. The normalized spacial score (nSPS) is 16.0. The Morgan fingerprint density at radius 1 is 1.22 bits per heavy atom. The third-order valence-corrected chi connectivity index (χ3v) is 5.50.